The monoisotopic (exact) mass is 274 g/mol. The van der Waals surface area contributed by atoms with Crippen molar-refractivity contribution in [2.24, 2.45) is 0 Å². The Hall–Kier alpha value is -0.860. The van der Waals surface area contributed by atoms with Crippen LogP contribution >= 0.6 is 0 Å². The molecule has 0 aliphatic heterocycles. The third kappa shape index (κ3) is 4.07. The van der Waals surface area contributed by atoms with Crippen molar-refractivity contribution < 1.29 is 0 Å². The van der Waals surface area contributed by atoms with Gasteiger partial charge in [-0.1, -0.05) is 43.7 Å². The van der Waals surface area contributed by atoms with Gasteiger partial charge in [0, 0.05) is 30.1 Å². The minimum absolute atomic E-state index is 0.210. The summed E-state index contributed by atoms with van der Waals surface area (Å²) in [7, 11) is 0. The predicted molar refractivity (Wildman–Crippen MR) is 87.2 cm³/mol. The molecular formula is C18H30N2. The molecule has 1 saturated carbocycles. The molecule has 2 nitrogen and oxygen atoms in total. The van der Waals surface area contributed by atoms with Gasteiger partial charge >= 0.3 is 0 Å². The van der Waals surface area contributed by atoms with Gasteiger partial charge in [0.1, 0.15) is 0 Å². The minimum atomic E-state index is 0.210. The van der Waals surface area contributed by atoms with E-state index in [2.05, 4.69) is 68.7 Å². The van der Waals surface area contributed by atoms with Crippen LogP contribution in [0.2, 0.25) is 0 Å². The molecule has 2 heteroatoms. The van der Waals surface area contributed by atoms with Crippen LogP contribution in [0, 0.1) is 0 Å². The van der Waals surface area contributed by atoms with Gasteiger partial charge in [0.2, 0.25) is 0 Å². The molecule has 1 aromatic rings. The summed E-state index contributed by atoms with van der Waals surface area (Å²) in [4.78, 5) is 0. The number of hydrogen-bond acceptors (Lipinski definition) is 2. The molecule has 0 radical (unpaired) electrons. The predicted octanol–water partition coefficient (Wildman–Crippen LogP) is 3.69. The fourth-order valence-corrected chi connectivity index (χ4v) is 3.18. The van der Waals surface area contributed by atoms with Crippen molar-refractivity contribution in [3.63, 3.8) is 0 Å². The van der Waals surface area contributed by atoms with Gasteiger partial charge in [0.05, 0.1) is 0 Å². The van der Waals surface area contributed by atoms with Crippen LogP contribution in [-0.4, -0.2) is 24.2 Å². The Morgan fingerprint density at radius 1 is 1.15 bits per heavy atom. The van der Waals surface area contributed by atoms with Crippen molar-refractivity contribution in [1.29, 1.82) is 0 Å². The summed E-state index contributed by atoms with van der Waals surface area (Å²) < 4.78 is 0. The molecule has 1 fully saturated rings. The van der Waals surface area contributed by atoms with Gasteiger partial charge in [-0.2, -0.15) is 0 Å². The molecule has 1 aromatic carbocycles. The molecular weight excluding hydrogens is 244 g/mol. The molecule has 0 unspecified atom stereocenters. The maximum absolute atomic E-state index is 3.83. The van der Waals surface area contributed by atoms with E-state index in [-0.39, 0.29) is 5.54 Å². The highest BCUT2D eigenvalue weighted by Gasteiger charge is 2.53. The summed E-state index contributed by atoms with van der Waals surface area (Å²) in [5.74, 6) is 0.707. The first-order valence-corrected chi connectivity index (χ1v) is 8.02. The Morgan fingerprint density at radius 3 is 2.45 bits per heavy atom. The van der Waals surface area contributed by atoms with Crippen molar-refractivity contribution >= 4 is 0 Å². The van der Waals surface area contributed by atoms with Crippen molar-refractivity contribution in [2.45, 2.75) is 64.0 Å². The van der Waals surface area contributed by atoms with E-state index in [1.54, 1.807) is 0 Å². The molecule has 0 saturated heterocycles. The van der Waals surface area contributed by atoms with Gasteiger partial charge < -0.3 is 10.6 Å². The van der Waals surface area contributed by atoms with E-state index >= 15 is 0 Å². The second-order valence-corrected chi connectivity index (χ2v) is 7.18. The van der Waals surface area contributed by atoms with Crippen molar-refractivity contribution in [3.8, 4) is 0 Å². The first-order chi connectivity index (χ1) is 9.47. The Balaban J connectivity index is 1.86. The van der Waals surface area contributed by atoms with E-state index in [0.717, 1.165) is 13.1 Å². The summed E-state index contributed by atoms with van der Waals surface area (Å²) in [6.45, 7) is 11.0. The molecule has 20 heavy (non-hydrogen) atoms. The number of hydrogen-bond donors (Lipinski definition) is 2. The molecule has 0 spiro atoms. The maximum atomic E-state index is 3.83. The van der Waals surface area contributed by atoms with Gasteiger partial charge in [-0.15, -0.1) is 0 Å². The van der Waals surface area contributed by atoms with E-state index in [1.807, 2.05) is 0 Å². The highest BCUT2D eigenvalue weighted by Crippen LogP contribution is 2.53. The summed E-state index contributed by atoms with van der Waals surface area (Å²) in [6, 6.07) is 11.0. The zero-order valence-corrected chi connectivity index (χ0v) is 13.5. The molecule has 0 aromatic heterocycles. The number of rotatable bonds is 7. The highest BCUT2D eigenvalue weighted by atomic mass is 15.1. The summed E-state index contributed by atoms with van der Waals surface area (Å²) >= 11 is 0. The lowest BCUT2D eigenvalue weighted by molar-refractivity contribution is 0.391. The standard InChI is InChI=1S/C18H30N2/c1-5-11-18(20-13-12-19-17(2,3)4)14-16(18)15-9-7-6-8-10-15/h6-10,16,19-20H,5,11-14H2,1-4H3/t16-,18+/m0/s1. The lowest BCUT2D eigenvalue weighted by Crippen LogP contribution is -2.43. The second-order valence-electron chi connectivity index (χ2n) is 7.18. The van der Waals surface area contributed by atoms with Crippen molar-refractivity contribution in [3.05, 3.63) is 35.9 Å². The van der Waals surface area contributed by atoms with Crippen LogP contribution < -0.4 is 10.6 Å². The van der Waals surface area contributed by atoms with Crippen LogP contribution in [0.4, 0.5) is 0 Å². The number of benzene rings is 1. The highest BCUT2D eigenvalue weighted by molar-refractivity contribution is 5.33. The topological polar surface area (TPSA) is 24.1 Å². The molecule has 0 amide bonds. The van der Waals surface area contributed by atoms with Crippen LogP contribution in [0.1, 0.15) is 58.4 Å². The fraction of sp³-hybridized carbons (Fsp3) is 0.667. The van der Waals surface area contributed by atoms with Crippen LogP contribution in [0.5, 0.6) is 0 Å². The lowest BCUT2D eigenvalue weighted by Gasteiger charge is -2.23. The summed E-state index contributed by atoms with van der Waals surface area (Å²) in [6.07, 6.45) is 3.82. The fourth-order valence-electron chi connectivity index (χ4n) is 3.18. The van der Waals surface area contributed by atoms with E-state index in [9.17, 15) is 0 Å². The van der Waals surface area contributed by atoms with Crippen LogP contribution in [-0.2, 0) is 0 Å². The normalized spacial score (nSPS) is 25.7. The van der Waals surface area contributed by atoms with E-state index in [4.69, 9.17) is 0 Å². The SMILES string of the molecule is CCC[C@@]1(NCCNC(C)(C)C)C[C@H]1c1ccccc1. The van der Waals surface area contributed by atoms with Gasteiger partial charge in [0.15, 0.2) is 0 Å². The third-order valence-electron chi connectivity index (χ3n) is 4.23. The molecule has 2 atom stereocenters. The minimum Gasteiger partial charge on any atom is -0.311 e. The molecule has 0 bridgehead atoms. The first-order valence-electron chi connectivity index (χ1n) is 8.02. The number of nitrogens with one attached hydrogen (secondary N) is 2. The average molecular weight is 274 g/mol. The Bertz CT molecular complexity index is 407. The van der Waals surface area contributed by atoms with Gasteiger partial charge in [-0.3, -0.25) is 0 Å². The Morgan fingerprint density at radius 2 is 1.85 bits per heavy atom. The molecule has 1 aliphatic carbocycles. The zero-order chi connectivity index (χ0) is 14.6. The molecule has 2 rings (SSSR count). The van der Waals surface area contributed by atoms with Crippen LogP contribution in [0.15, 0.2) is 30.3 Å². The quantitative estimate of drug-likeness (QED) is 0.741. The molecule has 112 valence electrons. The summed E-state index contributed by atoms with van der Waals surface area (Å²) in [5, 5.41) is 7.39. The lowest BCUT2D eigenvalue weighted by atomic mass is 10.0. The molecule has 2 N–H and O–H groups in total. The van der Waals surface area contributed by atoms with Crippen molar-refractivity contribution in [2.75, 3.05) is 13.1 Å². The van der Waals surface area contributed by atoms with Crippen LogP contribution in [0.25, 0.3) is 0 Å². The maximum Gasteiger partial charge on any atom is 0.0257 e. The van der Waals surface area contributed by atoms with Gasteiger partial charge in [-0.05, 0) is 39.2 Å². The smallest absolute Gasteiger partial charge is 0.0257 e. The summed E-state index contributed by atoms with van der Waals surface area (Å²) in [5.41, 5.74) is 2.06. The van der Waals surface area contributed by atoms with E-state index in [0.29, 0.717) is 11.5 Å². The average Bonchev–Trinajstić information content (AvgIpc) is 3.10. The largest absolute Gasteiger partial charge is 0.311 e. The van der Waals surface area contributed by atoms with Crippen molar-refractivity contribution in [1.82, 2.24) is 10.6 Å². The van der Waals surface area contributed by atoms with Crippen LogP contribution in [0.3, 0.4) is 0 Å². The first kappa shape index (κ1) is 15.5. The molecule has 1 aliphatic rings. The Kier molecular flexibility index (Phi) is 4.87. The molecule has 0 heterocycles. The Labute approximate surface area is 124 Å². The third-order valence-corrected chi connectivity index (χ3v) is 4.23. The van der Waals surface area contributed by atoms with Gasteiger partial charge in [-0.25, -0.2) is 0 Å². The second kappa shape index (κ2) is 6.28. The van der Waals surface area contributed by atoms with E-state index in [1.165, 1.54) is 24.8 Å². The van der Waals surface area contributed by atoms with Gasteiger partial charge in [0.25, 0.3) is 0 Å². The van der Waals surface area contributed by atoms with E-state index < -0.39 is 0 Å². The zero-order valence-electron chi connectivity index (χ0n) is 13.5.